The molecular formula is C13H18N2O4S. The fraction of sp³-hybridized carbons (Fsp3) is 0.462. The third kappa shape index (κ3) is 3.56. The van der Waals surface area contributed by atoms with E-state index < -0.39 is 16.1 Å². The molecule has 1 saturated heterocycles. The van der Waals surface area contributed by atoms with Crippen molar-refractivity contribution in [3.05, 3.63) is 23.8 Å². The first-order valence-electron chi connectivity index (χ1n) is 6.44. The van der Waals surface area contributed by atoms with E-state index in [9.17, 15) is 13.2 Å². The van der Waals surface area contributed by atoms with Gasteiger partial charge in [0.1, 0.15) is 6.10 Å². The van der Waals surface area contributed by atoms with E-state index in [1.54, 1.807) is 6.92 Å². The number of nitrogens with two attached hydrogens (primary N) is 1. The van der Waals surface area contributed by atoms with E-state index in [1.165, 1.54) is 18.2 Å². The number of aryl methyl sites for hydroxylation is 1. The molecule has 1 heterocycles. The normalized spacial score (nSPS) is 19.6. The third-order valence-corrected chi connectivity index (χ3v) is 4.17. The van der Waals surface area contributed by atoms with E-state index in [0.29, 0.717) is 24.3 Å². The highest BCUT2D eigenvalue weighted by molar-refractivity contribution is 7.89. The monoisotopic (exact) mass is 298 g/mol. The van der Waals surface area contributed by atoms with E-state index in [0.717, 1.165) is 12.8 Å². The van der Waals surface area contributed by atoms with E-state index in [1.807, 2.05) is 0 Å². The smallest absolute Gasteiger partial charge is 0.253 e. The summed E-state index contributed by atoms with van der Waals surface area (Å²) in [4.78, 5) is 12.1. The average molecular weight is 298 g/mol. The predicted molar refractivity (Wildman–Crippen MR) is 74.8 cm³/mol. The van der Waals surface area contributed by atoms with Crippen LogP contribution in [0.3, 0.4) is 0 Å². The van der Waals surface area contributed by atoms with Crippen LogP contribution in [0.25, 0.3) is 0 Å². The number of ether oxygens (including phenoxy) is 1. The van der Waals surface area contributed by atoms with Crippen LogP contribution in [0.5, 0.6) is 0 Å². The van der Waals surface area contributed by atoms with Crippen molar-refractivity contribution in [1.82, 2.24) is 0 Å². The molecule has 1 amide bonds. The molecule has 0 bridgehead atoms. The molecule has 0 spiro atoms. The van der Waals surface area contributed by atoms with Gasteiger partial charge in [-0.1, -0.05) is 0 Å². The Morgan fingerprint density at radius 2 is 2.15 bits per heavy atom. The van der Waals surface area contributed by atoms with Crippen LogP contribution in [-0.2, 0) is 19.6 Å². The number of nitrogens with one attached hydrogen (secondary N) is 1. The number of benzene rings is 1. The molecule has 20 heavy (non-hydrogen) atoms. The van der Waals surface area contributed by atoms with Crippen molar-refractivity contribution in [2.45, 2.75) is 37.2 Å². The molecule has 110 valence electrons. The lowest BCUT2D eigenvalue weighted by Crippen LogP contribution is -2.33. The molecule has 2 rings (SSSR count). The highest BCUT2D eigenvalue weighted by atomic mass is 32.2. The summed E-state index contributed by atoms with van der Waals surface area (Å²) in [7, 11) is -3.73. The number of carbonyl (C=O) groups is 1. The Hall–Kier alpha value is -1.44. The Kier molecular flexibility index (Phi) is 4.42. The maximum absolute atomic E-state index is 12.0. The number of hydrogen-bond acceptors (Lipinski definition) is 4. The largest absolute Gasteiger partial charge is 0.368 e. The van der Waals surface area contributed by atoms with Gasteiger partial charge in [0.25, 0.3) is 5.91 Å². The Labute approximate surface area is 118 Å². The molecule has 1 fully saturated rings. The Bertz CT molecular complexity index is 607. The van der Waals surface area contributed by atoms with E-state index in [-0.39, 0.29) is 10.8 Å². The lowest BCUT2D eigenvalue weighted by Gasteiger charge is -2.22. The first-order chi connectivity index (χ1) is 9.38. The van der Waals surface area contributed by atoms with Crippen molar-refractivity contribution in [1.29, 1.82) is 0 Å². The van der Waals surface area contributed by atoms with Crippen LogP contribution in [-0.4, -0.2) is 27.0 Å². The average Bonchev–Trinajstić information content (AvgIpc) is 2.41. The summed E-state index contributed by atoms with van der Waals surface area (Å²) in [5.74, 6) is -0.198. The second-order valence-corrected chi connectivity index (χ2v) is 6.43. The SMILES string of the molecule is Cc1cc(S(N)(=O)=O)ccc1NC(=O)C1CCCCO1. The molecular weight excluding hydrogens is 280 g/mol. The summed E-state index contributed by atoms with van der Waals surface area (Å²) in [6, 6.07) is 4.35. The molecule has 0 radical (unpaired) electrons. The van der Waals surface area contributed by atoms with Crippen LogP contribution in [0.4, 0.5) is 5.69 Å². The van der Waals surface area contributed by atoms with Gasteiger partial charge in [0.15, 0.2) is 0 Å². The molecule has 6 nitrogen and oxygen atoms in total. The third-order valence-electron chi connectivity index (χ3n) is 3.26. The standard InChI is InChI=1S/C13H18N2O4S/c1-9-8-10(20(14,17)18)5-6-11(9)15-13(16)12-4-2-3-7-19-12/h5-6,8,12H,2-4,7H2,1H3,(H,15,16)(H2,14,17,18). The molecule has 0 aliphatic carbocycles. The van der Waals surface area contributed by atoms with Crippen LogP contribution in [0.15, 0.2) is 23.1 Å². The van der Waals surface area contributed by atoms with Crippen LogP contribution < -0.4 is 10.5 Å². The molecule has 0 saturated carbocycles. The Balaban J connectivity index is 2.11. The summed E-state index contributed by atoms with van der Waals surface area (Å²) in [5.41, 5.74) is 1.21. The maximum Gasteiger partial charge on any atom is 0.253 e. The zero-order chi connectivity index (χ0) is 14.8. The number of carbonyl (C=O) groups excluding carboxylic acids is 1. The molecule has 1 unspecified atom stereocenters. The van der Waals surface area contributed by atoms with Crippen molar-refractivity contribution in [3.8, 4) is 0 Å². The van der Waals surface area contributed by atoms with Gasteiger partial charge in [-0.2, -0.15) is 0 Å². The van der Waals surface area contributed by atoms with Crippen molar-refractivity contribution in [2.75, 3.05) is 11.9 Å². The second-order valence-electron chi connectivity index (χ2n) is 4.87. The van der Waals surface area contributed by atoms with Crippen molar-refractivity contribution >= 4 is 21.6 Å². The maximum atomic E-state index is 12.0. The molecule has 1 aliphatic rings. The number of anilines is 1. The molecule has 3 N–H and O–H groups in total. The minimum atomic E-state index is -3.73. The van der Waals surface area contributed by atoms with Gasteiger partial charge >= 0.3 is 0 Å². The summed E-state index contributed by atoms with van der Waals surface area (Å²) >= 11 is 0. The highest BCUT2D eigenvalue weighted by Gasteiger charge is 2.22. The van der Waals surface area contributed by atoms with Gasteiger partial charge in [-0.25, -0.2) is 13.6 Å². The van der Waals surface area contributed by atoms with Crippen molar-refractivity contribution < 1.29 is 17.9 Å². The Morgan fingerprint density at radius 1 is 1.40 bits per heavy atom. The van der Waals surface area contributed by atoms with E-state index in [4.69, 9.17) is 9.88 Å². The minimum Gasteiger partial charge on any atom is -0.368 e. The summed E-state index contributed by atoms with van der Waals surface area (Å²) in [5, 5.41) is 7.82. The lowest BCUT2D eigenvalue weighted by atomic mass is 10.1. The fourth-order valence-corrected chi connectivity index (χ4v) is 2.71. The van der Waals surface area contributed by atoms with Gasteiger partial charge in [0.2, 0.25) is 10.0 Å². The quantitative estimate of drug-likeness (QED) is 0.874. The first-order valence-corrected chi connectivity index (χ1v) is 7.98. The number of amides is 1. The van der Waals surface area contributed by atoms with Crippen LogP contribution in [0, 0.1) is 6.92 Å². The van der Waals surface area contributed by atoms with Crippen molar-refractivity contribution in [3.63, 3.8) is 0 Å². The summed E-state index contributed by atoms with van der Waals surface area (Å²) < 4.78 is 27.9. The van der Waals surface area contributed by atoms with Crippen molar-refractivity contribution in [2.24, 2.45) is 5.14 Å². The van der Waals surface area contributed by atoms with Gasteiger partial charge in [0, 0.05) is 12.3 Å². The number of hydrogen-bond donors (Lipinski definition) is 2. The molecule has 1 atom stereocenters. The van der Waals surface area contributed by atoms with Gasteiger partial charge in [-0.3, -0.25) is 4.79 Å². The van der Waals surface area contributed by atoms with Gasteiger partial charge < -0.3 is 10.1 Å². The molecule has 7 heteroatoms. The minimum absolute atomic E-state index is 0.0296. The summed E-state index contributed by atoms with van der Waals surface area (Å²) in [6.07, 6.45) is 2.23. The van der Waals surface area contributed by atoms with Crippen LogP contribution in [0.2, 0.25) is 0 Å². The van der Waals surface area contributed by atoms with E-state index in [2.05, 4.69) is 5.32 Å². The molecule has 1 aromatic rings. The summed E-state index contributed by atoms with van der Waals surface area (Å²) in [6.45, 7) is 2.31. The topological polar surface area (TPSA) is 98.5 Å². The van der Waals surface area contributed by atoms with Gasteiger partial charge in [-0.05, 0) is 49.9 Å². The van der Waals surface area contributed by atoms with Crippen LogP contribution >= 0.6 is 0 Å². The molecule has 1 aromatic carbocycles. The van der Waals surface area contributed by atoms with Gasteiger partial charge in [-0.15, -0.1) is 0 Å². The zero-order valence-corrected chi connectivity index (χ0v) is 12.1. The predicted octanol–water partition coefficient (Wildman–Crippen LogP) is 1.15. The second kappa shape index (κ2) is 5.90. The number of primary sulfonamides is 1. The zero-order valence-electron chi connectivity index (χ0n) is 11.3. The lowest BCUT2D eigenvalue weighted by molar-refractivity contribution is -0.129. The van der Waals surface area contributed by atoms with E-state index >= 15 is 0 Å². The number of rotatable bonds is 3. The van der Waals surface area contributed by atoms with Gasteiger partial charge in [0.05, 0.1) is 4.90 Å². The fourth-order valence-electron chi connectivity index (χ4n) is 2.11. The highest BCUT2D eigenvalue weighted by Crippen LogP contribution is 2.20. The number of sulfonamides is 1. The Morgan fingerprint density at radius 3 is 2.70 bits per heavy atom. The first kappa shape index (κ1) is 15.0. The molecule has 1 aliphatic heterocycles. The molecule has 0 aromatic heterocycles. The van der Waals surface area contributed by atoms with Crippen LogP contribution in [0.1, 0.15) is 24.8 Å².